The van der Waals surface area contributed by atoms with Crippen molar-refractivity contribution < 1.29 is 9.53 Å². The number of hydrogen-bond donors (Lipinski definition) is 2. The lowest BCUT2D eigenvalue weighted by Gasteiger charge is -2.26. The van der Waals surface area contributed by atoms with E-state index in [1.165, 1.54) is 5.56 Å². The van der Waals surface area contributed by atoms with Gasteiger partial charge in [-0.05, 0) is 37.5 Å². The summed E-state index contributed by atoms with van der Waals surface area (Å²) in [6, 6.07) is 6.33. The molecular weight excluding hydrogens is 278 g/mol. The summed E-state index contributed by atoms with van der Waals surface area (Å²) in [5, 5.41) is 3.01. The Labute approximate surface area is 132 Å². The van der Waals surface area contributed by atoms with Gasteiger partial charge in [-0.25, -0.2) is 0 Å². The monoisotopic (exact) mass is 305 g/mol. The van der Waals surface area contributed by atoms with E-state index in [9.17, 15) is 4.79 Å². The first-order chi connectivity index (χ1) is 10.5. The summed E-state index contributed by atoms with van der Waals surface area (Å²) in [4.78, 5) is 14.3. The fourth-order valence-electron chi connectivity index (χ4n) is 2.49. The average Bonchev–Trinajstić information content (AvgIpc) is 2.50. The van der Waals surface area contributed by atoms with Gasteiger partial charge >= 0.3 is 0 Å². The fourth-order valence-corrected chi connectivity index (χ4v) is 2.49. The molecule has 0 saturated carbocycles. The SMILES string of the molecule is Cc1ccc(CN2CCOCC2)cc1NC(=O)CCC(C)N. The van der Waals surface area contributed by atoms with Crippen LogP contribution in [0.2, 0.25) is 0 Å². The van der Waals surface area contributed by atoms with Crippen molar-refractivity contribution in [2.45, 2.75) is 39.3 Å². The summed E-state index contributed by atoms with van der Waals surface area (Å²) in [6.07, 6.45) is 1.17. The molecule has 5 heteroatoms. The second-order valence-corrected chi connectivity index (χ2v) is 6.10. The highest BCUT2D eigenvalue weighted by atomic mass is 16.5. The third-order valence-electron chi connectivity index (χ3n) is 3.91. The Kier molecular flexibility index (Phi) is 6.36. The Bertz CT molecular complexity index is 497. The first-order valence-corrected chi connectivity index (χ1v) is 7.99. The first kappa shape index (κ1) is 16.9. The molecule has 0 aliphatic carbocycles. The molecule has 1 saturated heterocycles. The minimum atomic E-state index is 0.0314. The molecule has 1 heterocycles. The molecule has 3 N–H and O–H groups in total. The molecule has 2 rings (SSSR count). The number of anilines is 1. The van der Waals surface area contributed by atoms with Crippen LogP contribution in [0.1, 0.15) is 30.9 Å². The van der Waals surface area contributed by atoms with E-state index < -0.39 is 0 Å². The molecule has 0 aromatic heterocycles. The predicted molar refractivity (Wildman–Crippen MR) is 88.8 cm³/mol. The van der Waals surface area contributed by atoms with Crippen molar-refractivity contribution in [1.82, 2.24) is 4.90 Å². The summed E-state index contributed by atoms with van der Waals surface area (Å²) in [5.74, 6) is 0.0314. The van der Waals surface area contributed by atoms with Crippen LogP contribution in [0.25, 0.3) is 0 Å². The number of nitrogens with zero attached hydrogens (tertiary/aromatic N) is 1. The van der Waals surface area contributed by atoms with Gasteiger partial charge in [0.2, 0.25) is 5.91 Å². The van der Waals surface area contributed by atoms with Gasteiger partial charge in [0.1, 0.15) is 0 Å². The van der Waals surface area contributed by atoms with E-state index in [2.05, 4.69) is 28.4 Å². The van der Waals surface area contributed by atoms with Crippen LogP contribution in [0.15, 0.2) is 18.2 Å². The molecule has 22 heavy (non-hydrogen) atoms. The Balaban J connectivity index is 1.95. The third-order valence-corrected chi connectivity index (χ3v) is 3.91. The van der Waals surface area contributed by atoms with Crippen molar-refractivity contribution in [2.24, 2.45) is 5.73 Å². The van der Waals surface area contributed by atoms with Crippen LogP contribution in [0, 0.1) is 6.92 Å². The zero-order chi connectivity index (χ0) is 15.9. The highest BCUT2D eigenvalue weighted by Gasteiger charge is 2.12. The Morgan fingerprint density at radius 3 is 2.82 bits per heavy atom. The van der Waals surface area contributed by atoms with Gasteiger partial charge in [-0.15, -0.1) is 0 Å². The Morgan fingerprint density at radius 2 is 2.14 bits per heavy atom. The van der Waals surface area contributed by atoms with Gasteiger partial charge < -0.3 is 15.8 Å². The van der Waals surface area contributed by atoms with Crippen molar-refractivity contribution in [1.29, 1.82) is 0 Å². The number of hydrogen-bond acceptors (Lipinski definition) is 4. The van der Waals surface area contributed by atoms with Crippen molar-refractivity contribution in [3.05, 3.63) is 29.3 Å². The van der Waals surface area contributed by atoms with E-state index in [0.29, 0.717) is 12.8 Å². The van der Waals surface area contributed by atoms with Gasteiger partial charge in [0.05, 0.1) is 13.2 Å². The highest BCUT2D eigenvalue weighted by molar-refractivity contribution is 5.91. The first-order valence-electron chi connectivity index (χ1n) is 7.99. The minimum absolute atomic E-state index is 0.0314. The van der Waals surface area contributed by atoms with Crippen LogP contribution < -0.4 is 11.1 Å². The Hall–Kier alpha value is -1.43. The van der Waals surface area contributed by atoms with E-state index in [-0.39, 0.29) is 11.9 Å². The molecule has 1 aliphatic rings. The molecule has 5 nitrogen and oxygen atoms in total. The van der Waals surface area contributed by atoms with E-state index in [4.69, 9.17) is 10.5 Å². The number of benzene rings is 1. The van der Waals surface area contributed by atoms with Crippen LogP contribution in [0.5, 0.6) is 0 Å². The second-order valence-electron chi connectivity index (χ2n) is 6.10. The lowest BCUT2D eigenvalue weighted by Crippen LogP contribution is -2.35. The molecule has 1 atom stereocenters. The molecule has 0 bridgehead atoms. The zero-order valence-electron chi connectivity index (χ0n) is 13.6. The maximum Gasteiger partial charge on any atom is 0.224 e. The molecule has 1 aliphatic heterocycles. The smallest absolute Gasteiger partial charge is 0.224 e. The fraction of sp³-hybridized carbons (Fsp3) is 0.588. The van der Waals surface area contributed by atoms with Crippen molar-refractivity contribution in [3.8, 4) is 0 Å². The number of morpholine rings is 1. The largest absolute Gasteiger partial charge is 0.379 e. The number of aryl methyl sites for hydroxylation is 1. The standard InChI is InChI=1S/C17H27N3O2/c1-13-3-5-15(12-20-7-9-22-10-8-20)11-16(13)19-17(21)6-4-14(2)18/h3,5,11,14H,4,6-10,12,18H2,1-2H3,(H,19,21). The molecule has 122 valence electrons. The number of rotatable bonds is 6. The molecule has 0 spiro atoms. The van der Waals surface area contributed by atoms with E-state index in [1.807, 2.05) is 13.8 Å². The summed E-state index contributed by atoms with van der Waals surface area (Å²) < 4.78 is 5.37. The van der Waals surface area contributed by atoms with E-state index >= 15 is 0 Å². The third kappa shape index (κ3) is 5.40. The number of nitrogens with one attached hydrogen (secondary N) is 1. The van der Waals surface area contributed by atoms with Crippen molar-refractivity contribution in [2.75, 3.05) is 31.6 Å². The van der Waals surface area contributed by atoms with Gasteiger partial charge in [-0.1, -0.05) is 12.1 Å². The van der Waals surface area contributed by atoms with Crippen LogP contribution in [0.3, 0.4) is 0 Å². The summed E-state index contributed by atoms with van der Waals surface area (Å²) in [7, 11) is 0. The maximum atomic E-state index is 12.0. The van der Waals surface area contributed by atoms with Gasteiger partial charge in [-0.3, -0.25) is 9.69 Å². The summed E-state index contributed by atoms with van der Waals surface area (Å²) in [5.41, 5.74) is 8.90. The zero-order valence-corrected chi connectivity index (χ0v) is 13.6. The van der Waals surface area contributed by atoms with Gasteiger partial charge in [0, 0.05) is 37.8 Å². The second kappa shape index (κ2) is 8.27. The lowest BCUT2D eigenvalue weighted by molar-refractivity contribution is -0.116. The van der Waals surface area contributed by atoms with Gasteiger partial charge in [0.15, 0.2) is 0 Å². The number of nitrogens with two attached hydrogens (primary N) is 1. The van der Waals surface area contributed by atoms with Crippen LogP contribution in [0.4, 0.5) is 5.69 Å². The molecule has 0 radical (unpaired) electrons. The normalized spacial score (nSPS) is 17.2. The van der Waals surface area contributed by atoms with Crippen molar-refractivity contribution >= 4 is 11.6 Å². The Morgan fingerprint density at radius 1 is 1.41 bits per heavy atom. The summed E-state index contributed by atoms with van der Waals surface area (Å²) in [6.45, 7) is 8.35. The molecule has 1 aromatic rings. The number of ether oxygens (including phenoxy) is 1. The topological polar surface area (TPSA) is 67.6 Å². The van der Waals surface area contributed by atoms with Crippen LogP contribution in [-0.4, -0.2) is 43.2 Å². The predicted octanol–water partition coefficient (Wildman–Crippen LogP) is 1.89. The van der Waals surface area contributed by atoms with E-state index in [1.54, 1.807) is 0 Å². The minimum Gasteiger partial charge on any atom is -0.379 e. The average molecular weight is 305 g/mol. The van der Waals surface area contributed by atoms with Crippen molar-refractivity contribution in [3.63, 3.8) is 0 Å². The lowest BCUT2D eigenvalue weighted by atomic mass is 10.1. The summed E-state index contributed by atoms with van der Waals surface area (Å²) >= 11 is 0. The number of carbonyl (C=O) groups is 1. The molecule has 1 unspecified atom stereocenters. The maximum absolute atomic E-state index is 12.0. The molecule has 1 fully saturated rings. The van der Waals surface area contributed by atoms with Crippen LogP contribution in [-0.2, 0) is 16.1 Å². The van der Waals surface area contributed by atoms with E-state index in [0.717, 1.165) is 44.1 Å². The van der Waals surface area contributed by atoms with Crippen LogP contribution >= 0.6 is 0 Å². The highest BCUT2D eigenvalue weighted by Crippen LogP contribution is 2.19. The molecule has 1 aromatic carbocycles. The molecular formula is C17H27N3O2. The number of amides is 1. The molecule has 1 amide bonds. The number of carbonyl (C=O) groups excluding carboxylic acids is 1. The van der Waals surface area contributed by atoms with Gasteiger partial charge in [0.25, 0.3) is 0 Å². The quantitative estimate of drug-likeness (QED) is 0.842. The van der Waals surface area contributed by atoms with Gasteiger partial charge in [-0.2, -0.15) is 0 Å².